The lowest BCUT2D eigenvalue weighted by molar-refractivity contribution is 0.0733. The highest BCUT2D eigenvalue weighted by atomic mass is 16.5. The van der Waals surface area contributed by atoms with Crippen LogP contribution in [0.4, 0.5) is 0 Å². The molecule has 3 aromatic rings. The molecule has 0 aliphatic rings. The van der Waals surface area contributed by atoms with E-state index in [1.165, 1.54) is 6.08 Å². The van der Waals surface area contributed by atoms with E-state index >= 15 is 0 Å². The molecule has 140 valence electrons. The molecule has 0 saturated carbocycles. The molecule has 0 unspecified atom stereocenters. The molecule has 0 spiro atoms. The second-order valence-electron chi connectivity index (χ2n) is 6.17. The number of ketones is 1. The molecule has 3 aromatic carbocycles. The van der Waals surface area contributed by atoms with Gasteiger partial charge in [-0.2, -0.15) is 0 Å². The van der Waals surface area contributed by atoms with E-state index in [0.29, 0.717) is 28.2 Å². The average molecular weight is 372 g/mol. The number of carbonyl (C=O) groups is 2. The summed E-state index contributed by atoms with van der Waals surface area (Å²) in [6.45, 7) is 1.86. The summed E-state index contributed by atoms with van der Waals surface area (Å²) in [6, 6.07) is 21.2. The first kappa shape index (κ1) is 19.1. The number of hydrogen-bond donors (Lipinski definition) is 0. The maximum absolute atomic E-state index is 12.5. The zero-order chi connectivity index (χ0) is 19.9. The van der Waals surface area contributed by atoms with Gasteiger partial charge in [0.25, 0.3) is 0 Å². The van der Waals surface area contributed by atoms with E-state index in [2.05, 4.69) is 0 Å². The van der Waals surface area contributed by atoms with E-state index in [1.807, 2.05) is 25.1 Å². The van der Waals surface area contributed by atoms with Crippen molar-refractivity contribution in [3.05, 3.63) is 101 Å². The predicted octanol–water partition coefficient (Wildman–Crippen LogP) is 5.12. The van der Waals surface area contributed by atoms with E-state index < -0.39 is 5.97 Å². The van der Waals surface area contributed by atoms with Crippen LogP contribution < -0.4 is 9.47 Å². The summed E-state index contributed by atoms with van der Waals surface area (Å²) in [6.07, 6.45) is 3.11. The number of rotatable bonds is 6. The third-order valence-electron chi connectivity index (χ3n) is 4.28. The molecule has 0 saturated heterocycles. The fourth-order valence-electron chi connectivity index (χ4n) is 2.68. The van der Waals surface area contributed by atoms with Gasteiger partial charge in [0.1, 0.15) is 11.5 Å². The Labute approximate surface area is 164 Å². The average Bonchev–Trinajstić information content (AvgIpc) is 2.73. The lowest BCUT2D eigenvalue weighted by Crippen LogP contribution is -2.10. The molecule has 0 aliphatic heterocycles. The quantitative estimate of drug-likeness (QED) is 0.261. The number of methoxy groups -OCH3 is 1. The summed E-state index contributed by atoms with van der Waals surface area (Å²) >= 11 is 0. The van der Waals surface area contributed by atoms with Gasteiger partial charge in [-0.05, 0) is 61.0 Å². The Kier molecular flexibility index (Phi) is 6.02. The number of allylic oxidation sites excluding steroid dienone is 1. The summed E-state index contributed by atoms with van der Waals surface area (Å²) in [5, 5.41) is 0. The fourth-order valence-corrected chi connectivity index (χ4v) is 2.68. The largest absolute Gasteiger partial charge is 0.497 e. The van der Waals surface area contributed by atoms with Crippen molar-refractivity contribution < 1.29 is 19.1 Å². The summed E-state index contributed by atoms with van der Waals surface area (Å²) < 4.78 is 10.7. The van der Waals surface area contributed by atoms with Crippen LogP contribution in [-0.4, -0.2) is 18.9 Å². The van der Waals surface area contributed by atoms with Gasteiger partial charge < -0.3 is 9.47 Å². The van der Waals surface area contributed by atoms with Crippen molar-refractivity contribution in [1.82, 2.24) is 0 Å². The van der Waals surface area contributed by atoms with Crippen molar-refractivity contribution in [3.8, 4) is 11.5 Å². The molecular formula is C24H20O4. The number of ether oxygens (including phenoxy) is 2. The lowest BCUT2D eigenvalue weighted by atomic mass is 10.1. The Balaban J connectivity index is 1.78. The molecule has 0 radical (unpaired) electrons. The second-order valence-corrected chi connectivity index (χ2v) is 6.17. The van der Waals surface area contributed by atoms with E-state index in [0.717, 1.165) is 5.56 Å². The number of para-hydroxylation sites is 1. The second kappa shape index (κ2) is 8.82. The summed E-state index contributed by atoms with van der Waals surface area (Å²) in [5.74, 6) is 0.506. The molecule has 0 aliphatic carbocycles. The molecule has 0 bridgehead atoms. The summed E-state index contributed by atoms with van der Waals surface area (Å²) in [7, 11) is 1.58. The van der Waals surface area contributed by atoms with Crippen molar-refractivity contribution in [2.24, 2.45) is 0 Å². The lowest BCUT2D eigenvalue weighted by Gasteiger charge is -2.09. The van der Waals surface area contributed by atoms with Gasteiger partial charge in [-0.15, -0.1) is 0 Å². The molecule has 4 nitrogen and oxygen atoms in total. The Morgan fingerprint density at radius 3 is 2.25 bits per heavy atom. The molecule has 0 N–H and O–H groups in total. The van der Waals surface area contributed by atoms with Crippen LogP contribution in [0, 0.1) is 6.92 Å². The van der Waals surface area contributed by atoms with Gasteiger partial charge in [0.15, 0.2) is 5.78 Å². The Morgan fingerprint density at radius 2 is 1.54 bits per heavy atom. The van der Waals surface area contributed by atoms with Crippen molar-refractivity contribution >= 4 is 17.8 Å². The minimum absolute atomic E-state index is 0.150. The standard InChI is InChI=1S/C24H20O4/c1-17-7-3-5-9-21(17)24(26)28-23-10-6-4-8-19(23)13-16-22(25)18-11-14-20(27-2)15-12-18/h3-16H,1-2H3. The first-order valence-corrected chi connectivity index (χ1v) is 8.82. The minimum atomic E-state index is -0.430. The number of carbonyl (C=O) groups excluding carboxylic acids is 2. The molecule has 0 fully saturated rings. The predicted molar refractivity (Wildman–Crippen MR) is 109 cm³/mol. The molecule has 0 aromatic heterocycles. The maximum Gasteiger partial charge on any atom is 0.343 e. The molecule has 4 heteroatoms. The van der Waals surface area contributed by atoms with E-state index in [-0.39, 0.29) is 5.78 Å². The smallest absolute Gasteiger partial charge is 0.343 e. The van der Waals surface area contributed by atoms with Crippen LogP contribution in [0.1, 0.15) is 31.8 Å². The van der Waals surface area contributed by atoms with Crippen LogP contribution in [0.2, 0.25) is 0 Å². The Hall–Kier alpha value is -3.66. The van der Waals surface area contributed by atoms with Crippen molar-refractivity contribution in [2.75, 3.05) is 7.11 Å². The third-order valence-corrected chi connectivity index (χ3v) is 4.28. The molecule has 0 heterocycles. The van der Waals surface area contributed by atoms with Gasteiger partial charge in [0, 0.05) is 11.1 Å². The zero-order valence-corrected chi connectivity index (χ0v) is 15.7. The topological polar surface area (TPSA) is 52.6 Å². The fraction of sp³-hybridized carbons (Fsp3) is 0.0833. The SMILES string of the molecule is COc1ccc(C(=O)C=Cc2ccccc2OC(=O)c2ccccc2C)cc1. The van der Waals surface area contributed by atoms with Crippen molar-refractivity contribution in [3.63, 3.8) is 0 Å². The Morgan fingerprint density at radius 1 is 0.857 bits per heavy atom. The molecule has 0 amide bonds. The normalized spacial score (nSPS) is 10.6. The van der Waals surface area contributed by atoms with Crippen LogP contribution in [0.3, 0.4) is 0 Å². The number of hydrogen-bond acceptors (Lipinski definition) is 4. The van der Waals surface area contributed by atoms with Crippen LogP contribution >= 0.6 is 0 Å². The van der Waals surface area contributed by atoms with Gasteiger partial charge >= 0.3 is 5.97 Å². The summed E-state index contributed by atoms with van der Waals surface area (Å²) in [5.41, 5.74) is 2.54. The van der Waals surface area contributed by atoms with Crippen LogP contribution in [0.5, 0.6) is 11.5 Å². The number of esters is 1. The highest BCUT2D eigenvalue weighted by Gasteiger charge is 2.12. The van der Waals surface area contributed by atoms with E-state index in [4.69, 9.17) is 9.47 Å². The number of benzene rings is 3. The highest BCUT2D eigenvalue weighted by Crippen LogP contribution is 2.22. The molecular weight excluding hydrogens is 352 g/mol. The van der Waals surface area contributed by atoms with Crippen molar-refractivity contribution in [2.45, 2.75) is 6.92 Å². The Bertz CT molecular complexity index is 1020. The first-order chi connectivity index (χ1) is 13.6. The van der Waals surface area contributed by atoms with E-state index in [1.54, 1.807) is 67.8 Å². The maximum atomic E-state index is 12.5. The third kappa shape index (κ3) is 4.54. The minimum Gasteiger partial charge on any atom is -0.497 e. The van der Waals surface area contributed by atoms with Gasteiger partial charge in [-0.25, -0.2) is 4.79 Å². The van der Waals surface area contributed by atoms with Gasteiger partial charge in [0.05, 0.1) is 12.7 Å². The zero-order valence-electron chi connectivity index (χ0n) is 15.7. The molecule has 28 heavy (non-hydrogen) atoms. The van der Waals surface area contributed by atoms with Crippen molar-refractivity contribution in [1.29, 1.82) is 0 Å². The van der Waals surface area contributed by atoms with Crippen LogP contribution in [-0.2, 0) is 0 Å². The first-order valence-electron chi connectivity index (χ1n) is 8.82. The van der Waals surface area contributed by atoms with Gasteiger partial charge in [-0.3, -0.25) is 4.79 Å². The van der Waals surface area contributed by atoms with E-state index in [9.17, 15) is 9.59 Å². The molecule has 3 rings (SSSR count). The van der Waals surface area contributed by atoms with Crippen LogP contribution in [0.25, 0.3) is 6.08 Å². The van der Waals surface area contributed by atoms with Gasteiger partial charge in [0.2, 0.25) is 0 Å². The monoisotopic (exact) mass is 372 g/mol. The molecule has 0 atom stereocenters. The number of aryl methyl sites for hydroxylation is 1. The highest BCUT2D eigenvalue weighted by molar-refractivity contribution is 6.07. The summed E-state index contributed by atoms with van der Waals surface area (Å²) in [4.78, 5) is 24.9. The van der Waals surface area contributed by atoms with Crippen LogP contribution in [0.15, 0.2) is 78.9 Å². The van der Waals surface area contributed by atoms with Gasteiger partial charge in [-0.1, -0.05) is 36.4 Å².